The van der Waals surface area contributed by atoms with Crippen molar-refractivity contribution in [2.24, 2.45) is 10.9 Å². The van der Waals surface area contributed by atoms with E-state index in [-0.39, 0.29) is 17.8 Å². The molecular formula is C24H23BrFN5O. The number of aliphatic imine (C=N–C) groups is 1. The minimum absolute atomic E-state index is 0.0659. The monoisotopic (exact) mass is 495 g/mol. The van der Waals surface area contributed by atoms with Crippen LogP contribution in [0.4, 0.5) is 15.9 Å². The molecule has 2 aliphatic rings. The molecule has 1 amide bonds. The number of anilines is 1. The van der Waals surface area contributed by atoms with Gasteiger partial charge >= 0.3 is 0 Å². The number of carbonyl (C=O) groups is 1. The first kappa shape index (κ1) is 20.9. The summed E-state index contributed by atoms with van der Waals surface area (Å²) in [5, 5.41) is 4.50. The molecule has 0 aliphatic carbocycles. The van der Waals surface area contributed by atoms with Crippen LogP contribution in [0.2, 0.25) is 0 Å². The van der Waals surface area contributed by atoms with E-state index in [1.165, 1.54) is 12.1 Å². The van der Waals surface area contributed by atoms with Crippen molar-refractivity contribution in [1.82, 2.24) is 14.7 Å². The maximum Gasteiger partial charge on any atom is 0.234 e. The molecule has 2 aliphatic heterocycles. The molecule has 0 radical (unpaired) electrons. The Balaban J connectivity index is 1.40. The van der Waals surface area contributed by atoms with Crippen molar-refractivity contribution in [3.05, 3.63) is 76.6 Å². The number of hydrogen-bond acceptors (Lipinski definition) is 4. The van der Waals surface area contributed by atoms with E-state index in [4.69, 9.17) is 0 Å². The molecular weight excluding hydrogens is 473 g/mol. The Bertz CT molecular complexity index is 1170. The number of amides is 1. The summed E-state index contributed by atoms with van der Waals surface area (Å²) >= 11 is 3.56. The zero-order valence-electron chi connectivity index (χ0n) is 17.7. The number of halogens is 2. The molecule has 164 valence electrons. The summed E-state index contributed by atoms with van der Waals surface area (Å²) in [6.07, 6.45) is 1.73. The molecule has 0 N–H and O–H groups in total. The number of nitrogens with zero attached hydrogens (tertiary/aromatic N) is 5. The third kappa shape index (κ3) is 3.83. The number of hydrogen-bond donors (Lipinski definition) is 0. The molecule has 0 saturated carbocycles. The molecule has 0 bridgehead atoms. The summed E-state index contributed by atoms with van der Waals surface area (Å²) < 4.78 is 16.1. The van der Waals surface area contributed by atoms with Crippen molar-refractivity contribution < 1.29 is 9.18 Å². The van der Waals surface area contributed by atoms with Crippen LogP contribution in [0.15, 0.2) is 70.3 Å². The molecule has 5 rings (SSSR count). The fraction of sp³-hybridized carbons (Fsp3) is 0.292. The fourth-order valence-corrected chi connectivity index (χ4v) is 5.02. The molecule has 32 heavy (non-hydrogen) atoms. The first-order valence-corrected chi connectivity index (χ1v) is 11.4. The fourth-order valence-electron chi connectivity index (χ4n) is 4.60. The van der Waals surface area contributed by atoms with Crippen LogP contribution in [0.3, 0.4) is 0 Å². The largest absolute Gasteiger partial charge is 0.368 e. The van der Waals surface area contributed by atoms with E-state index in [0.29, 0.717) is 26.2 Å². The Morgan fingerprint density at radius 3 is 2.53 bits per heavy atom. The Labute approximate surface area is 194 Å². The summed E-state index contributed by atoms with van der Waals surface area (Å²) in [5.41, 5.74) is 2.79. The minimum Gasteiger partial charge on any atom is -0.368 e. The van der Waals surface area contributed by atoms with E-state index in [2.05, 4.69) is 30.9 Å². The zero-order chi connectivity index (χ0) is 22.2. The van der Waals surface area contributed by atoms with Crippen LogP contribution in [0.5, 0.6) is 0 Å². The third-order valence-corrected chi connectivity index (χ3v) is 6.70. The molecule has 2 atom stereocenters. The molecule has 2 aromatic carbocycles. The molecule has 3 aromatic rings. The van der Waals surface area contributed by atoms with Crippen molar-refractivity contribution >= 4 is 39.1 Å². The van der Waals surface area contributed by atoms with Crippen LogP contribution in [0, 0.1) is 11.7 Å². The first-order valence-electron chi connectivity index (χ1n) is 10.6. The highest BCUT2D eigenvalue weighted by Gasteiger charge is 2.40. The van der Waals surface area contributed by atoms with Gasteiger partial charge in [-0.1, -0.05) is 28.1 Å². The lowest BCUT2D eigenvalue weighted by Crippen LogP contribution is -2.53. The standard InChI is InChI=1S/C24H23BrFN5O/c1-16-22(23(17-3-2-4-18(25)15-17)31-21(28-16)9-10-27-31)24(32)30-13-11-29(12-14-30)20-7-5-19(26)6-8-20/h2-10,15,22-23H,11-14H2,1H3. The van der Waals surface area contributed by atoms with Gasteiger partial charge in [-0.25, -0.2) is 14.1 Å². The van der Waals surface area contributed by atoms with Gasteiger partial charge in [0.15, 0.2) is 5.82 Å². The van der Waals surface area contributed by atoms with Crippen LogP contribution in [0.1, 0.15) is 18.5 Å². The second-order valence-electron chi connectivity index (χ2n) is 8.15. The van der Waals surface area contributed by atoms with Crippen molar-refractivity contribution in [1.29, 1.82) is 0 Å². The maximum atomic E-state index is 13.8. The van der Waals surface area contributed by atoms with Crippen LogP contribution in [-0.4, -0.2) is 52.5 Å². The Morgan fingerprint density at radius 2 is 1.81 bits per heavy atom. The Kier molecular flexibility index (Phi) is 5.55. The third-order valence-electron chi connectivity index (χ3n) is 6.21. The predicted molar refractivity (Wildman–Crippen MR) is 126 cm³/mol. The van der Waals surface area contributed by atoms with E-state index in [1.54, 1.807) is 18.3 Å². The summed E-state index contributed by atoms with van der Waals surface area (Å²) in [5.74, 6) is 0.161. The van der Waals surface area contributed by atoms with Crippen LogP contribution in [-0.2, 0) is 4.79 Å². The molecule has 6 nitrogen and oxygen atoms in total. The van der Waals surface area contributed by atoms with Gasteiger partial charge < -0.3 is 9.80 Å². The lowest BCUT2D eigenvalue weighted by atomic mass is 9.87. The second kappa shape index (κ2) is 8.50. The van der Waals surface area contributed by atoms with Gasteiger partial charge in [0.2, 0.25) is 5.91 Å². The van der Waals surface area contributed by atoms with Crippen molar-refractivity contribution in [2.45, 2.75) is 13.0 Å². The van der Waals surface area contributed by atoms with Gasteiger partial charge in [0.1, 0.15) is 11.7 Å². The average Bonchev–Trinajstić information content (AvgIpc) is 3.26. The number of fused-ring (bicyclic) bond motifs is 1. The van der Waals surface area contributed by atoms with Gasteiger partial charge in [-0.15, -0.1) is 0 Å². The van der Waals surface area contributed by atoms with E-state index < -0.39 is 5.92 Å². The van der Waals surface area contributed by atoms with E-state index in [0.717, 1.165) is 27.3 Å². The molecule has 1 aromatic heterocycles. The second-order valence-corrected chi connectivity index (χ2v) is 9.07. The van der Waals surface area contributed by atoms with Gasteiger partial charge in [-0.05, 0) is 48.9 Å². The van der Waals surface area contributed by atoms with Gasteiger partial charge in [0, 0.05) is 48.1 Å². The molecule has 1 saturated heterocycles. The number of piperazine rings is 1. The quantitative estimate of drug-likeness (QED) is 0.539. The molecule has 2 unspecified atom stereocenters. The number of rotatable bonds is 3. The van der Waals surface area contributed by atoms with E-state index in [1.807, 2.05) is 46.8 Å². The van der Waals surface area contributed by atoms with Gasteiger partial charge in [0.25, 0.3) is 0 Å². The molecule has 3 heterocycles. The van der Waals surface area contributed by atoms with Gasteiger partial charge in [-0.2, -0.15) is 5.10 Å². The lowest BCUT2D eigenvalue weighted by Gasteiger charge is -2.40. The number of carbonyl (C=O) groups excluding carboxylic acids is 1. The smallest absolute Gasteiger partial charge is 0.234 e. The molecule has 0 spiro atoms. The minimum atomic E-state index is -0.422. The van der Waals surface area contributed by atoms with E-state index >= 15 is 0 Å². The normalized spacial score (nSPS) is 20.7. The van der Waals surface area contributed by atoms with Gasteiger partial charge in [-0.3, -0.25) is 4.79 Å². The maximum absolute atomic E-state index is 13.8. The number of benzene rings is 2. The molecule has 1 fully saturated rings. The van der Waals surface area contributed by atoms with Crippen molar-refractivity contribution in [2.75, 3.05) is 31.1 Å². The van der Waals surface area contributed by atoms with Crippen LogP contribution < -0.4 is 4.90 Å². The highest BCUT2D eigenvalue weighted by Crippen LogP contribution is 2.37. The van der Waals surface area contributed by atoms with Crippen molar-refractivity contribution in [3.8, 4) is 0 Å². The Hall–Kier alpha value is -3.00. The zero-order valence-corrected chi connectivity index (χ0v) is 19.2. The summed E-state index contributed by atoms with van der Waals surface area (Å²) in [7, 11) is 0. The lowest BCUT2D eigenvalue weighted by molar-refractivity contribution is -0.134. The first-order chi connectivity index (χ1) is 15.5. The average molecular weight is 496 g/mol. The number of aromatic nitrogens is 2. The topological polar surface area (TPSA) is 53.7 Å². The van der Waals surface area contributed by atoms with Gasteiger partial charge in [0.05, 0.1) is 12.2 Å². The van der Waals surface area contributed by atoms with Crippen LogP contribution >= 0.6 is 15.9 Å². The molecule has 8 heteroatoms. The summed E-state index contributed by atoms with van der Waals surface area (Å²) in [6.45, 7) is 4.55. The van der Waals surface area contributed by atoms with Crippen molar-refractivity contribution in [3.63, 3.8) is 0 Å². The Morgan fingerprint density at radius 1 is 1.06 bits per heavy atom. The SMILES string of the molecule is CC1=Nc2ccnn2C(c2cccc(Br)c2)C1C(=O)N1CCN(c2ccc(F)cc2)CC1. The summed E-state index contributed by atoms with van der Waals surface area (Å²) in [4.78, 5) is 22.6. The van der Waals surface area contributed by atoms with E-state index in [9.17, 15) is 9.18 Å². The summed E-state index contributed by atoms with van der Waals surface area (Å²) in [6, 6.07) is 16.2. The predicted octanol–water partition coefficient (Wildman–Crippen LogP) is 4.45. The van der Waals surface area contributed by atoms with Crippen LogP contribution in [0.25, 0.3) is 0 Å². The highest BCUT2D eigenvalue weighted by atomic mass is 79.9. The highest BCUT2D eigenvalue weighted by molar-refractivity contribution is 9.10.